The molecule has 3 amide bonds. The monoisotopic (exact) mass is 482 g/mol. The lowest BCUT2D eigenvalue weighted by Gasteiger charge is -2.16. The van der Waals surface area contributed by atoms with Crippen LogP contribution in [0.4, 0.5) is 11.4 Å². The van der Waals surface area contributed by atoms with Gasteiger partial charge in [-0.15, -0.1) is 0 Å². The molecule has 0 bridgehead atoms. The number of carbonyl (C=O) groups is 3. The van der Waals surface area contributed by atoms with Gasteiger partial charge in [-0.25, -0.2) is 4.90 Å². The number of anilines is 2. The fourth-order valence-corrected chi connectivity index (χ4v) is 4.09. The highest BCUT2D eigenvalue weighted by molar-refractivity contribution is 6.35. The van der Waals surface area contributed by atoms with Crippen molar-refractivity contribution >= 4 is 40.7 Å². The molecule has 0 saturated carbocycles. The first kappa shape index (κ1) is 22.4. The van der Waals surface area contributed by atoms with Crippen LogP contribution in [0.3, 0.4) is 0 Å². The molecule has 1 heterocycles. The van der Waals surface area contributed by atoms with E-state index in [2.05, 4.69) is 5.32 Å². The number of nitrogens with zero attached hydrogens (tertiary/aromatic N) is 1. The molecule has 1 aliphatic heterocycles. The molecule has 0 aliphatic carbocycles. The van der Waals surface area contributed by atoms with Crippen molar-refractivity contribution in [3.05, 3.63) is 118 Å². The van der Waals surface area contributed by atoms with Crippen molar-refractivity contribution in [2.45, 2.75) is 6.92 Å². The Labute approximate surface area is 206 Å². The van der Waals surface area contributed by atoms with E-state index in [9.17, 15) is 14.4 Å². The molecule has 1 N–H and O–H groups in total. The summed E-state index contributed by atoms with van der Waals surface area (Å²) in [6.45, 7) is 1.83. The number of nitrogens with one attached hydrogen (secondary N) is 1. The zero-order valence-electron chi connectivity index (χ0n) is 18.6. The van der Waals surface area contributed by atoms with Gasteiger partial charge in [-0.2, -0.15) is 0 Å². The number of amides is 3. The SMILES string of the molecule is Cc1ccccc1N1C(=O)c2ccc(C(=O)Nc3ccccc3Oc3ccccc3Cl)cc2C1=O. The van der Waals surface area contributed by atoms with Gasteiger partial charge >= 0.3 is 0 Å². The maximum absolute atomic E-state index is 13.1. The van der Waals surface area contributed by atoms with Gasteiger partial charge in [0.05, 0.1) is 27.5 Å². The van der Waals surface area contributed by atoms with Crippen LogP contribution >= 0.6 is 11.6 Å². The number of hydrogen-bond acceptors (Lipinski definition) is 4. The minimum atomic E-state index is -0.462. The minimum Gasteiger partial charge on any atom is -0.454 e. The molecule has 0 saturated heterocycles. The average Bonchev–Trinajstić information content (AvgIpc) is 3.11. The predicted octanol–water partition coefficient (Wildman–Crippen LogP) is 6.49. The highest BCUT2D eigenvalue weighted by Gasteiger charge is 2.37. The van der Waals surface area contributed by atoms with E-state index < -0.39 is 17.7 Å². The smallest absolute Gasteiger partial charge is 0.266 e. The Hall–Kier alpha value is -4.42. The van der Waals surface area contributed by atoms with Crippen LogP contribution in [0.2, 0.25) is 5.02 Å². The van der Waals surface area contributed by atoms with Crippen molar-refractivity contribution in [2.75, 3.05) is 10.2 Å². The Morgan fingerprint density at radius 2 is 1.46 bits per heavy atom. The number of rotatable bonds is 5. The molecule has 0 aromatic heterocycles. The van der Waals surface area contributed by atoms with Gasteiger partial charge in [-0.05, 0) is 61.0 Å². The lowest BCUT2D eigenvalue weighted by Crippen LogP contribution is -2.29. The van der Waals surface area contributed by atoms with E-state index in [1.165, 1.54) is 18.2 Å². The first-order valence-corrected chi connectivity index (χ1v) is 11.2. The van der Waals surface area contributed by atoms with Crippen molar-refractivity contribution in [3.8, 4) is 11.5 Å². The van der Waals surface area contributed by atoms with Crippen molar-refractivity contribution in [3.63, 3.8) is 0 Å². The number of carbonyl (C=O) groups excluding carboxylic acids is 3. The summed E-state index contributed by atoms with van der Waals surface area (Å²) in [7, 11) is 0. The van der Waals surface area contributed by atoms with E-state index in [1.807, 2.05) is 19.1 Å². The molecule has 0 fully saturated rings. The van der Waals surface area contributed by atoms with E-state index in [4.69, 9.17) is 16.3 Å². The third-order valence-corrected chi connectivity index (χ3v) is 6.01. The van der Waals surface area contributed by atoms with Crippen LogP contribution < -0.4 is 15.0 Å². The van der Waals surface area contributed by atoms with E-state index in [0.29, 0.717) is 27.9 Å². The molecule has 0 spiro atoms. The second kappa shape index (κ2) is 9.08. The summed E-state index contributed by atoms with van der Waals surface area (Å²) < 4.78 is 5.90. The average molecular weight is 483 g/mol. The summed E-state index contributed by atoms with van der Waals surface area (Å²) in [4.78, 5) is 40.3. The summed E-state index contributed by atoms with van der Waals surface area (Å²) in [5.41, 5.74) is 2.44. The molecule has 6 nitrogen and oxygen atoms in total. The molecule has 0 atom stereocenters. The Kier molecular flexibility index (Phi) is 5.81. The number of fused-ring (bicyclic) bond motifs is 1. The first-order chi connectivity index (χ1) is 16.9. The third kappa shape index (κ3) is 4.16. The molecule has 1 aliphatic rings. The Morgan fingerprint density at radius 3 is 2.23 bits per heavy atom. The number of imide groups is 1. The van der Waals surface area contributed by atoms with E-state index in [-0.39, 0.29) is 16.7 Å². The highest BCUT2D eigenvalue weighted by Crippen LogP contribution is 2.34. The molecule has 5 rings (SSSR count). The van der Waals surface area contributed by atoms with Gasteiger partial charge in [0, 0.05) is 5.56 Å². The molecule has 7 heteroatoms. The van der Waals surface area contributed by atoms with Crippen LogP contribution in [0.1, 0.15) is 36.6 Å². The van der Waals surface area contributed by atoms with Crippen LogP contribution in [-0.2, 0) is 0 Å². The second-order valence-electron chi connectivity index (χ2n) is 7.98. The maximum Gasteiger partial charge on any atom is 0.266 e. The van der Waals surface area contributed by atoms with E-state index >= 15 is 0 Å². The van der Waals surface area contributed by atoms with Crippen LogP contribution in [0, 0.1) is 6.92 Å². The van der Waals surface area contributed by atoms with Gasteiger partial charge in [0.2, 0.25) is 0 Å². The summed E-state index contributed by atoms with van der Waals surface area (Å²) in [5.74, 6) is -0.459. The standard InChI is InChI=1S/C28H19ClN2O4/c1-17-8-2-5-11-23(17)31-27(33)19-15-14-18(16-20(19)28(31)34)26(32)30-22-10-4-7-13-25(22)35-24-12-6-3-9-21(24)29/h2-16H,1H3,(H,30,32). The molecular weight excluding hydrogens is 464 g/mol. The molecule has 4 aromatic rings. The maximum atomic E-state index is 13.1. The number of benzene rings is 4. The van der Waals surface area contributed by atoms with Crippen molar-refractivity contribution < 1.29 is 19.1 Å². The van der Waals surface area contributed by atoms with Gasteiger partial charge in [0.15, 0.2) is 5.75 Å². The van der Waals surface area contributed by atoms with Crippen molar-refractivity contribution in [1.29, 1.82) is 0 Å². The normalized spacial score (nSPS) is 12.5. The van der Waals surface area contributed by atoms with Crippen molar-refractivity contribution in [2.24, 2.45) is 0 Å². The fraction of sp³-hybridized carbons (Fsp3) is 0.0357. The lowest BCUT2D eigenvalue weighted by molar-refractivity contribution is 0.0925. The summed E-state index contributed by atoms with van der Waals surface area (Å²) >= 11 is 6.20. The van der Waals surface area contributed by atoms with Gasteiger partial charge in [0.1, 0.15) is 5.75 Å². The van der Waals surface area contributed by atoms with Crippen molar-refractivity contribution in [1.82, 2.24) is 0 Å². The van der Waals surface area contributed by atoms with Crippen LogP contribution in [0.15, 0.2) is 91.0 Å². The summed E-state index contributed by atoms with van der Waals surface area (Å²) in [6, 6.07) is 25.6. The molecule has 35 heavy (non-hydrogen) atoms. The summed E-state index contributed by atoms with van der Waals surface area (Å²) in [5, 5.41) is 3.26. The van der Waals surface area contributed by atoms with E-state index in [0.717, 1.165) is 10.5 Å². The van der Waals surface area contributed by atoms with Gasteiger partial charge in [-0.3, -0.25) is 14.4 Å². The molecule has 4 aromatic carbocycles. The molecule has 172 valence electrons. The predicted molar refractivity (Wildman–Crippen MR) is 135 cm³/mol. The quantitative estimate of drug-likeness (QED) is 0.330. The third-order valence-electron chi connectivity index (χ3n) is 5.70. The van der Waals surface area contributed by atoms with Gasteiger partial charge in [0.25, 0.3) is 17.7 Å². The topological polar surface area (TPSA) is 75.7 Å². The van der Waals surface area contributed by atoms with Crippen LogP contribution in [0.5, 0.6) is 11.5 Å². The number of halogens is 1. The van der Waals surface area contributed by atoms with Gasteiger partial charge in [-0.1, -0.05) is 54.1 Å². The molecule has 0 radical (unpaired) electrons. The van der Waals surface area contributed by atoms with Crippen LogP contribution in [-0.4, -0.2) is 17.7 Å². The Balaban J connectivity index is 1.41. The minimum absolute atomic E-state index is 0.187. The highest BCUT2D eigenvalue weighted by atomic mass is 35.5. The number of hydrogen-bond donors (Lipinski definition) is 1. The largest absolute Gasteiger partial charge is 0.454 e. The molecule has 0 unspecified atom stereocenters. The second-order valence-corrected chi connectivity index (χ2v) is 8.38. The van der Waals surface area contributed by atoms with E-state index in [1.54, 1.807) is 60.7 Å². The summed E-state index contributed by atoms with van der Waals surface area (Å²) in [6.07, 6.45) is 0. The zero-order chi connectivity index (χ0) is 24.5. The Bertz CT molecular complexity index is 1500. The lowest BCUT2D eigenvalue weighted by atomic mass is 10.1. The Morgan fingerprint density at radius 1 is 0.800 bits per heavy atom. The fourth-order valence-electron chi connectivity index (χ4n) is 3.91. The zero-order valence-corrected chi connectivity index (χ0v) is 19.4. The number of ether oxygens (including phenoxy) is 1. The first-order valence-electron chi connectivity index (χ1n) is 10.9. The number of aryl methyl sites for hydroxylation is 1. The molecular formula is C28H19ClN2O4. The number of para-hydroxylation sites is 4. The van der Waals surface area contributed by atoms with Gasteiger partial charge < -0.3 is 10.1 Å². The van der Waals surface area contributed by atoms with Crippen LogP contribution in [0.25, 0.3) is 0 Å².